The van der Waals surface area contributed by atoms with E-state index in [9.17, 15) is 0 Å². The van der Waals surface area contributed by atoms with Crippen molar-refractivity contribution in [2.24, 2.45) is 5.41 Å². The van der Waals surface area contributed by atoms with E-state index < -0.39 is 0 Å². The molecule has 2 aliphatic rings. The summed E-state index contributed by atoms with van der Waals surface area (Å²) in [6.07, 6.45) is 8.94. The van der Waals surface area contributed by atoms with Gasteiger partial charge in [0.15, 0.2) is 0 Å². The minimum absolute atomic E-state index is 0.00923. The van der Waals surface area contributed by atoms with Gasteiger partial charge in [-0.3, -0.25) is 4.68 Å². The number of hydrogen-bond acceptors (Lipinski definition) is 5. The molecule has 0 bridgehead atoms. The predicted octanol–water partition coefficient (Wildman–Crippen LogP) is 4.99. The second-order valence-electron chi connectivity index (χ2n) is 8.82. The fourth-order valence-corrected chi connectivity index (χ4v) is 5.65. The van der Waals surface area contributed by atoms with Crippen molar-refractivity contribution in [3.63, 3.8) is 0 Å². The maximum Gasteiger partial charge on any atom is 0.0700 e. The van der Waals surface area contributed by atoms with Gasteiger partial charge in [-0.25, -0.2) is 4.31 Å². The first-order valence-corrected chi connectivity index (χ1v) is 12.2. The largest absolute Gasteiger partial charge is 0.382 e. The van der Waals surface area contributed by atoms with Crippen molar-refractivity contribution in [1.29, 1.82) is 0 Å². The summed E-state index contributed by atoms with van der Waals surface area (Å²) in [5.74, 6) is 0. The van der Waals surface area contributed by atoms with E-state index in [0.717, 1.165) is 39.1 Å². The lowest BCUT2D eigenvalue weighted by Crippen LogP contribution is -2.47. The van der Waals surface area contributed by atoms with Gasteiger partial charge in [-0.1, -0.05) is 36.6 Å². The molecule has 6 heteroatoms. The van der Waals surface area contributed by atoms with E-state index >= 15 is 0 Å². The second-order valence-corrected chi connectivity index (χ2v) is 9.99. The summed E-state index contributed by atoms with van der Waals surface area (Å²) in [6.45, 7) is 9.43. The Labute approximate surface area is 190 Å². The normalized spacial score (nSPS) is 20.9. The summed E-state index contributed by atoms with van der Waals surface area (Å²) in [7, 11) is 1.73. The maximum atomic E-state index is 6.15. The highest BCUT2D eigenvalue weighted by atomic mass is 32.2. The molecule has 0 radical (unpaired) electrons. The summed E-state index contributed by atoms with van der Waals surface area (Å²) in [6, 6.07) is 8.84. The fraction of sp³-hybridized carbons (Fsp3) is 0.560. The standard InChI is InChI=1S/C25H35N3O2S/c1-4-5-11-28-24-15-22-10-12-27(31-23-8-6-20(2)7-9-23)18-25(22,16-21(24)17-26-28)19-30-14-13-29-3/h6-9,15,17H,4-5,10-14,16,18-19H2,1-3H3. The van der Waals surface area contributed by atoms with Crippen LogP contribution in [0.25, 0.3) is 6.08 Å². The summed E-state index contributed by atoms with van der Waals surface area (Å²) >= 11 is 1.87. The highest BCUT2D eigenvalue weighted by Gasteiger charge is 2.43. The first kappa shape index (κ1) is 22.6. The molecule has 1 aromatic carbocycles. The second kappa shape index (κ2) is 10.3. The van der Waals surface area contributed by atoms with Gasteiger partial charge >= 0.3 is 0 Å². The number of nitrogens with zero attached hydrogens (tertiary/aromatic N) is 3. The van der Waals surface area contributed by atoms with Gasteiger partial charge in [0.1, 0.15) is 0 Å². The molecule has 1 unspecified atom stereocenters. The van der Waals surface area contributed by atoms with Crippen LogP contribution in [0.5, 0.6) is 0 Å². The van der Waals surface area contributed by atoms with Crippen LogP contribution in [0.1, 0.15) is 43.0 Å². The molecule has 168 valence electrons. The van der Waals surface area contributed by atoms with Crippen LogP contribution in [0.4, 0.5) is 0 Å². The number of aryl methyl sites for hydroxylation is 2. The third-order valence-corrected chi connectivity index (χ3v) is 7.43. The Kier molecular flexibility index (Phi) is 7.54. The van der Waals surface area contributed by atoms with Crippen molar-refractivity contribution >= 4 is 18.0 Å². The molecular weight excluding hydrogens is 406 g/mol. The average molecular weight is 442 g/mol. The molecule has 0 saturated carbocycles. The summed E-state index contributed by atoms with van der Waals surface area (Å²) < 4.78 is 16.1. The van der Waals surface area contributed by atoms with Crippen LogP contribution in [-0.4, -0.2) is 54.1 Å². The minimum Gasteiger partial charge on any atom is -0.382 e. The Balaban J connectivity index is 1.55. The first-order valence-electron chi connectivity index (χ1n) is 11.5. The van der Waals surface area contributed by atoms with E-state index in [1.165, 1.54) is 40.1 Å². The van der Waals surface area contributed by atoms with Gasteiger partial charge in [0, 0.05) is 37.1 Å². The highest BCUT2D eigenvalue weighted by Crippen LogP contribution is 2.46. The first-order chi connectivity index (χ1) is 15.1. The zero-order valence-corrected chi connectivity index (χ0v) is 19.9. The molecule has 1 aliphatic heterocycles. The van der Waals surface area contributed by atoms with Crippen LogP contribution in [0.15, 0.2) is 40.9 Å². The van der Waals surface area contributed by atoms with Crippen LogP contribution in [0.2, 0.25) is 0 Å². The van der Waals surface area contributed by atoms with Crippen LogP contribution in [-0.2, 0) is 22.4 Å². The predicted molar refractivity (Wildman–Crippen MR) is 127 cm³/mol. The molecule has 4 rings (SSSR count). The van der Waals surface area contributed by atoms with Crippen molar-refractivity contribution in [2.45, 2.75) is 51.0 Å². The van der Waals surface area contributed by atoms with Crippen molar-refractivity contribution in [2.75, 3.05) is 40.0 Å². The SMILES string of the molecule is CCCCn1ncc2c1C=C1CCN(Sc3ccc(C)cc3)CC1(COCCOC)C2. The number of aromatic nitrogens is 2. The van der Waals surface area contributed by atoms with Gasteiger partial charge in [-0.2, -0.15) is 5.10 Å². The van der Waals surface area contributed by atoms with E-state index in [1.54, 1.807) is 7.11 Å². The number of hydrogen-bond donors (Lipinski definition) is 0. The molecule has 0 N–H and O–H groups in total. The van der Waals surface area contributed by atoms with Crippen LogP contribution >= 0.6 is 11.9 Å². The monoisotopic (exact) mass is 441 g/mol. The lowest BCUT2D eigenvalue weighted by atomic mass is 9.69. The number of ether oxygens (including phenoxy) is 2. The molecule has 1 aromatic heterocycles. The van der Waals surface area contributed by atoms with E-state index in [2.05, 4.69) is 59.4 Å². The molecule has 1 fully saturated rings. The lowest BCUT2D eigenvalue weighted by molar-refractivity contribution is 0.0157. The average Bonchev–Trinajstić information content (AvgIpc) is 3.16. The van der Waals surface area contributed by atoms with Gasteiger partial charge < -0.3 is 9.47 Å². The topological polar surface area (TPSA) is 39.5 Å². The molecule has 0 spiro atoms. The molecule has 31 heavy (non-hydrogen) atoms. The van der Waals surface area contributed by atoms with Gasteiger partial charge in [0.25, 0.3) is 0 Å². The molecule has 0 amide bonds. The van der Waals surface area contributed by atoms with Crippen molar-refractivity contribution in [3.05, 3.63) is 52.9 Å². The van der Waals surface area contributed by atoms with Crippen molar-refractivity contribution in [1.82, 2.24) is 14.1 Å². The highest BCUT2D eigenvalue weighted by molar-refractivity contribution is 7.97. The molecule has 2 heterocycles. The Morgan fingerprint density at radius 2 is 2.03 bits per heavy atom. The van der Waals surface area contributed by atoms with E-state index in [4.69, 9.17) is 14.6 Å². The van der Waals surface area contributed by atoms with E-state index in [1.807, 2.05) is 11.9 Å². The quantitative estimate of drug-likeness (QED) is 0.384. The molecule has 1 aliphatic carbocycles. The van der Waals surface area contributed by atoms with Crippen LogP contribution in [0, 0.1) is 12.3 Å². The number of methoxy groups -OCH3 is 1. The number of rotatable bonds is 10. The third kappa shape index (κ3) is 5.25. The van der Waals surface area contributed by atoms with Crippen LogP contribution < -0.4 is 0 Å². The van der Waals surface area contributed by atoms with Crippen molar-refractivity contribution in [3.8, 4) is 0 Å². The summed E-state index contributed by atoms with van der Waals surface area (Å²) in [5.41, 5.74) is 5.51. The third-order valence-electron chi connectivity index (χ3n) is 6.38. The zero-order chi connectivity index (χ0) is 21.7. The van der Waals surface area contributed by atoms with E-state index in [-0.39, 0.29) is 5.41 Å². The van der Waals surface area contributed by atoms with Gasteiger partial charge in [0.05, 0.1) is 31.7 Å². The smallest absolute Gasteiger partial charge is 0.0700 e. The maximum absolute atomic E-state index is 6.15. The Morgan fingerprint density at radius 1 is 1.19 bits per heavy atom. The lowest BCUT2D eigenvalue weighted by Gasteiger charge is -2.46. The molecule has 5 nitrogen and oxygen atoms in total. The van der Waals surface area contributed by atoms with Crippen LogP contribution in [0.3, 0.4) is 0 Å². The van der Waals surface area contributed by atoms with Gasteiger partial charge in [0.2, 0.25) is 0 Å². The fourth-order valence-electron chi connectivity index (χ4n) is 4.60. The Bertz CT molecular complexity index is 893. The number of fused-ring (bicyclic) bond motifs is 2. The number of unbranched alkanes of at least 4 members (excludes halogenated alkanes) is 1. The van der Waals surface area contributed by atoms with Gasteiger partial charge in [-0.15, -0.1) is 0 Å². The molecular formula is C25H35N3O2S. The van der Waals surface area contributed by atoms with Gasteiger partial charge in [-0.05, 0) is 61.9 Å². The Hall–Kier alpha value is -1.60. The number of piperidine rings is 1. The van der Waals surface area contributed by atoms with E-state index in [0.29, 0.717) is 13.2 Å². The molecule has 1 atom stereocenters. The zero-order valence-electron chi connectivity index (χ0n) is 19.1. The number of benzene rings is 1. The summed E-state index contributed by atoms with van der Waals surface area (Å²) in [4.78, 5) is 1.30. The molecule has 1 saturated heterocycles. The van der Waals surface area contributed by atoms with Crippen molar-refractivity contribution < 1.29 is 9.47 Å². The minimum atomic E-state index is 0.00923. The Morgan fingerprint density at radius 3 is 2.81 bits per heavy atom. The molecule has 2 aromatic rings. The summed E-state index contributed by atoms with van der Waals surface area (Å²) in [5, 5.41) is 4.72.